The summed E-state index contributed by atoms with van der Waals surface area (Å²) in [5.41, 5.74) is 2.17. The molecule has 3 rings (SSSR count). The molecule has 1 heterocycles. The van der Waals surface area contributed by atoms with Crippen molar-refractivity contribution in [2.45, 2.75) is 19.4 Å². The average Bonchev–Trinajstić information content (AvgIpc) is 3.46. The third kappa shape index (κ3) is 3.45. The van der Waals surface area contributed by atoms with Gasteiger partial charge in [-0.2, -0.15) is 0 Å². The fraction of sp³-hybridized carbons (Fsp3) is 0.316. The van der Waals surface area contributed by atoms with Crippen molar-refractivity contribution in [1.29, 1.82) is 0 Å². The minimum absolute atomic E-state index is 0.0881. The van der Waals surface area contributed by atoms with Crippen LogP contribution in [0.4, 0.5) is 5.69 Å². The number of hydrogen-bond acceptors (Lipinski definition) is 3. The van der Waals surface area contributed by atoms with E-state index in [0.717, 1.165) is 18.4 Å². The predicted octanol–water partition coefficient (Wildman–Crippen LogP) is 2.73. The molecule has 0 atom stereocenters. The molecule has 0 spiro atoms. The Hall–Kier alpha value is -2.69. The van der Waals surface area contributed by atoms with Gasteiger partial charge in [-0.1, -0.05) is 18.2 Å². The van der Waals surface area contributed by atoms with Gasteiger partial charge in [0.05, 0.1) is 11.3 Å². The molecule has 0 N–H and O–H groups in total. The molecule has 0 bridgehead atoms. The Morgan fingerprint density at radius 3 is 2.54 bits per heavy atom. The summed E-state index contributed by atoms with van der Waals surface area (Å²) < 4.78 is 0. The van der Waals surface area contributed by atoms with Crippen LogP contribution in [0.3, 0.4) is 0 Å². The van der Waals surface area contributed by atoms with Crippen LogP contribution in [0.5, 0.6) is 0 Å². The molecule has 1 fully saturated rings. The number of hydrogen-bond donors (Lipinski definition) is 0. The Morgan fingerprint density at radius 2 is 1.88 bits per heavy atom. The van der Waals surface area contributed by atoms with Crippen molar-refractivity contribution in [3.63, 3.8) is 0 Å². The number of nitrogens with zero attached hydrogens (tertiary/aromatic N) is 3. The molecule has 5 heteroatoms. The number of aromatic nitrogens is 1. The fourth-order valence-corrected chi connectivity index (χ4v) is 2.71. The van der Waals surface area contributed by atoms with Gasteiger partial charge in [0.15, 0.2) is 0 Å². The Labute approximate surface area is 141 Å². The number of anilines is 1. The van der Waals surface area contributed by atoms with Crippen LogP contribution in [0, 0.1) is 5.92 Å². The second kappa shape index (κ2) is 6.83. The number of benzene rings is 1. The van der Waals surface area contributed by atoms with Gasteiger partial charge in [-0.15, -0.1) is 0 Å². The van der Waals surface area contributed by atoms with Crippen LogP contribution in [0.15, 0.2) is 48.8 Å². The summed E-state index contributed by atoms with van der Waals surface area (Å²) in [7, 11) is 3.50. The Morgan fingerprint density at radius 1 is 1.12 bits per heavy atom. The molecule has 24 heavy (non-hydrogen) atoms. The molecule has 2 aromatic rings. The van der Waals surface area contributed by atoms with E-state index in [1.165, 1.54) is 0 Å². The van der Waals surface area contributed by atoms with Crippen molar-refractivity contribution in [1.82, 2.24) is 9.88 Å². The molecule has 2 amide bonds. The lowest BCUT2D eigenvalue weighted by Gasteiger charge is -2.23. The first-order valence-corrected chi connectivity index (χ1v) is 8.09. The van der Waals surface area contributed by atoms with Crippen LogP contribution in [0.1, 0.15) is 28.8 Å². The zero-order valence-electron chi connectivity index (χ0n) is 14.0. The van der Waals surface area contributed by atoms with Crippen molar-refractivity contribution < 1.29 is 9.59 Å². The highest BCUT2D eigenvalue weighted by Crippen LogP contribution is 2.33. The highest BCUT2D eigenvalue weighted by molar-refractivity contribution is 6.05. The lowest BCUT2D eigenvalue weighted by molar-refractivity contribution is -0.119. The molecule has 1 saturated carbocycles. The van der Waals surface area contributed by atoms with Gasteiger partial charge in [0.1, 0.15) is 0 Å². The van der Waals surface area contributed by atoms with Crippen LogP contribution in [-0.4, -0.2) is 35.8 Å². The van der Waals surface area contributed by atoms with Crippen molar-refractivity contribution >= 4 is 17.5 Å². The molecule has 0 unspecified atom stereocenters. The number of carbonyl (C=O) groups is 2. The molecule has 1 aliphatic rings. The molecular weight excluding hydrogens is 302 g/mol. The maximum Gasteiger partial charge on any atom is 0.256 e. The lowest BCUT2D eigenvalue weighted by atomic mass is 10.1. The van der Waals surface area contributed by atoms with Crippen LogP contribution in [-0.2, 0) is 11.3 Å². The standard InChI is InChI=1S/C19H21N3O2/c1-21(13-14-6-5-11-20-12-14)19(24)16-7-3-4-8-17(16)22(2)18(23)15-9-10-15/h3-8,11-12,15H,9-10,13H2,1-2H3. The van der Waals surface area contributed by atoms with Crippen LogP contribution >= 0.6 is 0 Å². The van der Waals surface area contributed by atoms with Crippen molar-refractivity contribution in [3.05, 3.63) is 59.9 Å². The predicted molar refractivity (Wildman–Crippen MR) is 92.6 cm³/mol. The van der Waals surface area contributed by atoms with Gasteiger partial charge >= 0.3 is 0 Å². The van der Waals surface area contributed by atoms with E-state index in [-0.39, 0.29) is 17.7 Å². The highest BCUT2D eigenvalue weighted by Gasteiger charge is 2.33. The quantitative estimate of drug-likeness (QED) is 0.850. The molecule has 1 aromatic heterocycles. The van der Waals surface area contributed by atoms with E-state index < -0.39 is 0 Å². The molecule has 0 radical (unpaired) electrons. The second-order valence-corrected chi connectivity index (χ2v) is 6.21. The summed E-state index contributed by atoms with van der Waals surface area (Å²) in [4.78, 5) is 32.5. The summed E-state index contributed by atoms with van der Waals surface area (Å²) in [6.45, 7) is 0.474. The number of amides is 2. The summed E-state index contributed by atoms with van der Waals surface area (Å²) >= 11 is 0. The zero-order chi connectivity index (χ0) is 17.1. The largest absolute Gasteiger partial charge is 0.337 e. The summed E-state index contributed by atoms with van der Waals surface area (Å²) in [6.07, 6.45) is 5.35. The Balaban J connectivity index is 1.80. The van der Waals surface area contributed by atoms with E-state index in [1.807, 2.05) is 30.3 Å². The van der Waals surface area contributed by atoms with Crippen molar-refractivity contribution in [2.24, 2.45) is 5.92 Å². The first-order valence-electron chi connectivity index (χ1n) is 8.09. The van der Waals surface area contributed by atoms with Crippen LogP contribution < -0.4 is 4.90 Å². The number of para-hydroxylation sites is 1. The molecule has 0 saturated heterocycles. The normalized spacial score (nSPS) is 13.4. The van der Waals surface area contributed by atoms with Gasteiger partial charge in [-0.25, -0.2) is 0 Å². The molecule has 124 valence electrons. The van der Waals surface area contributed by atoms with Gasteiger partial charge in [0.25, 0.3) is 5.91 Å². The third-order valence-corrected chi connectivity index (χ3v) is 4.24. The van der Waals surface area contributed by atoms with Gasteiger partial charge in [0, 0.05) is 39.0 Å². The lowest BCUT2D eigenvalue weighted by Crippen LogP contribution is -2.32. The monoisotopic (exact) mass is 323 g/mol. The van der Waals surface area contributed by atoms with E-state index >= 15 is 0 Å². The topological polar surface area (TPSA) is 53.5 Å². The Bertz CT molecular complexity index is 741. The molecular formula is C19H21N3O2. The number of carbonyl (C=O) groups excluding carboxylic acids is 2. The SMILES string of the molecule is CN(Cc1cccnc1)C(=O)c1ccccc1N(C)C(=O)C1CC1. The average molecular weight is 323 g/mol. The molecule has 1 aromatic carbocycles. The van der Waals surface area contributed by atoms with Crippen LogP contribution in [0.25, 0.3) is 0 Å². The summed E-state index contributed by atoms with van der Waals surface area (Å²) in [5.74, 6) is 0.0985. The van der Waals surface area contributed by atoms with Gasteiger partial charge in [0.2, 0.25) is 5.91 Å². The highest BCUT2D eigenvalue weighted by atomic mass is 16.2. The zero-order valence-corrected chi connectivity index (χ0v) is 14.0. The maximum absolute atomic E-state index is 12.8. The van der Waals surface area contributed by atoms with Gasteiger partial charge in [-0.05, 0) is 36.6 Å². The van der Waals surface area contributed by atoms with Gasteiger partial charge in [-0.3, -0.25) is 14.6 Å². The van der Waals surface area contributed by atoms with E-state index in [1.54, 1.807) is 42.4 Å². The molecule has 0 aliphatic heterocycles. The number of pyridine rings is 1. The smallest absolute Gasteiger partial charge is 0.256 e. The number of rotatable bonds is 5. The van der Waals surface area contributed by atoms with E-state index in [2.05, 4.69) is 4.98 Å². The molecule has 5 nitrogen and oxygen atoms in total. The summed E-state index contributed by atoms with van der Waals surface area (Å²) in [5, 5.41) is 0. The minimum Gasteiger partial charge on any atom is -0.337 e. The first-order chi connectivity index (χ1) is 11.6. The third-order valence-electron chi connectivity index (χ3n) is 4.24. The minimum atomic E-state index is -0.107. The maximum atomic E-state index is 12.8. The molecule has 1 aliphatic carbocycles. The van der Waals surface area contributed by atoms with E-state index in [9.17, 15) is 9.59 Å². The van der Waals surface area contributed by atoms with Crippen molar-refractivity contribution in [2.75, 3.05) is 19.0 Å². The fourth-order valence-electron chi connectivity index (χ4n) is 2.71. The van der Waals surface area contributed by atoms with E-state index in [0.29, 0.717) is 17.8 Å². The second-order valence-electron chi connectivity index (χ2n) is 6.21. The van der Waals surface area contributed by atoms with Gasteiger partial charge < -0.3 is 9.80 Å². The van der Waals surface area contributed by atoms with Crippen LogP contribution in [0.2, 0.25) is 0 Å². The summed E-state index contributed by atoms with van der Waals surface area (Å²) in [6, 6.07) is 11.1. The first kappa shape index (κ1) is 16.2. The Kier molecular flexibility index (Phi) is 4.60. The van der Waals surface area contributed by atoms with Crippen molar-refractivity contribution in [3.8, 4) is 0 Å². The van der Waals surface area contributed by atoms with E-state index in [4.69, 9.17) is 0 Å².